The second-order valence-corrected chi connectivity index (χ2v) is 2.34. The standard InChI is InChI=1S/C6H8B2O6/c9-7(10)13-5-3-1-2-4-6(5)14-8(11)12/h1-4,9-12H. The lowest BCUT2D eigenvalue weighted by molar-refractivity contribution is 0.265. The lowest BCUT2D eigenvalue weighted by Gasteiger charge is -2.11. The third-order valence-corrected chi connectivity index (χ3v) is 1.31. The highest BCUT2D eigenvalue weighted by Gasteiger charge is 2.18. The molecule has 0 amide bonds. The molecule has 14 heavy (non-hydrogen) atoms. The molecule has 0 atom stereocenters. The number of hydrogen-bond acceptors (Lipinski definition) is 6. The predicted octanol–water partition coefficient (Wildman–Crippen LogP) is -1.62. The summed E-state index contributed by atoms with van der Waals surface area (Å²) in [7, 11) is -3.98. The summed E-state index contributed by atoms with van der Waals surface area (Å²) in [6, 6.07) is 5.90. The predicted molar refractivity (Wildman–Crippen MR) is 48.1 cm³/mol. The van der Waals surface area contributed by atoms with Crippen LogP contribution in [0.2, 0.25) is 0 Å². The molecule has 0 unspecified atom stereocenters. The zero-order valence-electron chi connectivity index (χ0n) is 7.07. The van der Waals surface area contributed by atoms with Crippen LogP contribution in [-0.2, 0) is 0 Å². The van der Waals surface area contributed by atoms with E-state index >= 15 is 0 Å². The Hall–Kier alpha value is -1.21. The first-order chi connectivity index (χ1) is 6.59. The van der Waals surface area contributed by atoms with Crippen molar-refractivity contribution in [3.8, 4) is 11.5 Å². The molecule has 0 aliphatic rings. The van der Waals surface area contributed by atoms with Gasteiger partial charge in [-0.3, -0.25) is 0 Å². The van der Waals surface area contributed by atoms with Crippen LogP contribution in [0.5, 0.6) is 11.5 Å². The van der Waals surface area contributed by atoms with Crippen molar-refractivity contribution in [3.05, 3.63) is 24.3 Å². The van der Waals surface area contributed by atoms with Gasteiger partial charge in [-0.1, -0.05) is 12.1 Å². The SMILES string of the molecule is OB(O)Oc1ccccc1OB(O)O. The summed E-state index contributed by atoms with van der Waals surface area (Å²) in [4.78, 5) is 0. The van der Waals surface area contributed by atoms with Crippen molar-refractivity contribution in [1.29, 1.82) is 0 Å². The first-order valence-corrected chi connectivity index (χ1v) is 3.74. The highest BCUT2D eigenvalue weighted by molar-refractivity contribution is 6.34. The summed E-state index contributed by atoms with van der Waals surface area (Å²) in [6.07, 6.45) is 0. The lowest BCUT2D eigenvalue weighted by atomic mass is 10.2. The normalized spacial score (nSPS) is 9.43. The fraction of sp³-hybridized carbons (Fsp3) is 0. The van der Waals surface area contributed by atoms with E-state index in [-0.39, 0.29) is 11.5 Å². The van der Waals surface area contributed by atoms with Gasteiger partial charge in [0, 0.05) is 0 Å². The van der Waals surface area contributed by atoms with Crippen molar-refractivity contribution < 1.29 is 29.4 Å². The van der Waals surface area contributed by atoms with Crippen molar-refractivity contribution in [3.63, 3.8) is 0 Å². The fourth-order valence-corrected chi connectivity index (χ4v) is 0.872. The van der Waals surface area contributed by atoms with E-state index in [9.17, 15) is 0 Å². The van der Waals surface area contributed by atoms with Crippen LogP contribution in [0.25, 0.3) is 0 Å². The Kier molecular flexibility index (Phi) is 3.78. The smallest absolute Gasteiger partial charge is 0.509 e. The van der Waals surface area contributed by atoms with Gasteiger partial charge in [-0.05, 0) is 12.1 Å². The molecule has 0 aliphatic carbocycles. The zero-order valence-corrected chi connectivity index (χ0v) is 7.07. The van der Waals surface area contributed by atoms with Crippen LogP contribution in [0.4, 0.5) is 0 Å². The monoisotopic (exact) mass is 198 g/mol. The van der Waals surface area contributed by atoms with Crippen LogP contribution in [0.3, 0.4) is 0 Å². The molecular formula is C6H8B2O6. The molecule has 1 aromatic rings. The maximum Gasteiger partial charge on any atom is 0.707 e. The van der Waals surface area contributed by atoms with Crippen LogP contribution < -0.4 is 9.31 Å². The second kappa shape index (κ2) is 4.87. The number of benzene rings is 1. The number of rotatable bonds is 4. The molecule has 4 N–H and O–H groups in total. The van der Waals surface area contributed by atoms with Gasteiger partial charge in [0.25, 0.3) is 0 Å². The van der Waals surface area contributed by atoms with E-state index in [4.69, 9.17) is 20.1 Å². The summed E-state index contributed by atoms with van der Waals surface area (Å²) < 4.78 is 9.02. The van der Waals surface area contributed by atoms with Gasteiger partial charge in [0.1, 0.15) is 11.5 Å². The van der Waals surface area contributed by atoms with Crippen molar-refractivity contribution in [2.45, 2.75) is 0 Å². The fourth-order valence-electron chi connectivity index (χ4n) is 0.872. The molecule has 8 heteroatoms. The van der Waals surface area contributed by atoms with E-state index in [2.05, 4.69) is 9.31 Å². The summed E-state index contributed by atoms with van der Waals surface area (Å²) >= 11 is 0. The zero-order chi connectivity index (χ0) is 10.6. The summed E-state index contributed by atoms with van der Waals surface area (Å²) in [5.41, 5.74) is 0. The number of hydrogen-bond donors (Lipinski definition) is 4. The third kappa shape index (κ3) is 3.27. The maximum absolute atomic E-state index is 8.52. The minimum atomic E-state index is -1.99. The molecule has 0 saturated carbocycles. The van der Waals surface area contributed by atoms with Crippen molar-refractivity contribution in [1.82, 2.24) is 0 Å². The Morgan fingerprint density at radius 3 is 1.43 bits per heavy atom. The van der Waals surface area contributed by atoms with E-state index in [0.717, 1.165) is 0 Å². The Bertz CT molecular complexity index is 262. The molecule has 0 aliphatic heterocycles. The molecule has 0 saturated heterocycles. The van der Waals surface area contributed by atoms with Crippen LogP contribution in [0.1, 0.15) is 0 Å². The lowest BCUT2D eigenvalue weighted by Crippen LogP contribution is -2.24. The first kappa shape index (κ1) is 10.9. The quantitative estimate of drug-likeness (QED) is 0.434. The van der Waals surface area contributed by atoms with E-state index in [1.807, 2.05) is 0 Å². The Morgan fingerprint density at radius 2 is 1.14 bits per heavy atom. The van der Waals surface area contributed by atoms with Gasteiger partial charge in [-0.25, -0.2) is 0 Å². The van der Waals surface area contributed by atoms with E-state index in [1.165, 1.54) is 12.1 Å². The molecule has 6 nitrogen and oxygen atoms in total. The van der Waals surface area contributed by atoms with Gasteiger partial charge in [0.15, 0.2) is 0 Å². The average Bonchev–Trinajstić information content (AvgIpc) is 2.06. The molecule has 0 spiro atoms. The summed E-state index contributed by atoms with van der Waals surface area (Å²) in [6.45, 7) is 0. The topological polar surface area (TPSA) is 99.4 Å². The first-order valence-electron chi connectivity index (χ1n) is 3.74. The van der Waals surface area contributed by atoms with Gasteiger partial charge in [0.2, 0.25) is 0 Å². The Labute approximate surface area is 80.7 Å². The average molecular weight is 198 g/mol. The van der Waals surface area contributed by atoms with E-state index in [1.54, 1.807) is 12.1 Å². The number of para-hydroxylation sites is 2. The molecule has 1 rings (SSSR count). The molecule has 0 radical (unpaired) electrons. The summed E-state index contributed by atoms with van der Waals surface area (Å²) in [5, 5.41) is 34.1. The van der Waals surface area contributed by atoms with Crippen LogP contribution >= 0.6 is 0 Å². The van der Waals surface area contributed by atoms with Crippen molar-refractivity contribution in [2.75, 3.05) is 0 Å². The van der Waals surface area contributed by atoms with Crippen molar-refractivity contribution in [2.24, 2.45) is 0 Å². The second-order valence-electron chi connectivity index (χ2n) is 2.34. The van der Waals surface area contributed by atoms with Crippen molar-refractivity contribution >= 4 is 14.6 Å². The summed E-state index contributed by atoms with van der Waals surface area (Å²) in [5.74, 6) is -0.00815. The van der Waals surface area contributed by atoms with Gasteiger partial charge in [0.05, 0.1) is 0 Å². The highest BCUT2D eigenvalue weighted by atomic mass is 16.6. The highest BCUT2D eigenvalue weighted by Crippen LogP contribution is 2.26. The molecule has 0 fully saturated rings. The molecular weight excluding hydrogens is 190 g/mol. The van der Waals surface area contributed by atoms with Crippen LogP contribution in [-0.4, -0.2) is 34.7 Å². The van der Waals surface area contributed by atoms with Gasteiger partial charge >= 0.3 is 14.6 Å². The Balaban J connectivity index is 2.80. The molecule has 0 heterocycles. The van der Waals surface area contributed by atoms with Crippen LogP contribution in [0, 0.1) is 0 Å². The molecule has 0 bridgehead atoms. The molecule has 74 valence electrons. The van der Waals surface area contributed by atoms with E-state index in [0.29, 0.717) is 0 Å². The minimum Gasteiger partial charge on any atom is -0.509 e. The van der Waals surface area contributed by atoms with Gasteiger partial charge in [-0.15, -0.1) is 0 Å². The van der Waals surface area contributed by atoms with Crippen LogP contribution in [0.15, 0.2) is 24.3 Å². The van der Waals surface area contributed by atoms with Gasteiger partial charge < -0.3 is 29.4 Å². The molecule has 1 aromatic carbocycles. The largest absolute Gasteiger partial charge is 0.707 e. The van der Waals surface area contributed by atoms with E-state index < -0.39 is 14.6 Å². The maximum atomic E-state index is 8.52. The molecule has 0 aromatic heterocycles. The third-order valence-electron chi connectivity index (χ3n) is 1.31. The van der Waals surface area contributed by atoms with Gasteiger partial charge in [-0.2, -0.15) is 0 Å². The minimum absolute atomic E-state index is 0.00407. The Morgan fingerprint density at radius 1 is 0.786 bits per heavy atom.